The molecule has 0 unspecified atom stereocenters. The van der Waals surface area contributed by atoms with E-state index in [9.17, 15) is 24.3 Å². The molecule has 5 atom stereocenters. The lowest BCUT2D eigenvalue weighted by Crippen LogP contribution is -2.67. The number of benzene rings is 1. The molecule has 1 aromatic carbocycles. The van der Waals surface area contributed by atoms with E-state index in [4.69, 9.17) is 23.7 Å². The molecule has 0 spiro atoms. The summed E-state index contributed by atoms with van der Waals surface area (Å²) >= 11 is 0. The van der Waals surface area contributed by atoms with Crippen LogP contribution in [0.25, 0.3) is 0 Å². The highest BCUT2D eigenvalue weighted by Crippen LogP contribution is 2.35. The number of phenolic OH excluding ortho intramolecular Hbond substituents is 1. The van der Waals surface area contributed by atoms with Gasteiger partial charge >= 0.3 is 17.9 Å². The van der Waals surface area contributed by atoms with Gasteiger partial charge in [-0.05, 0) is 23.6 Å². The van der Waals surface area contributed by atoms with Gasteiger partial charge in [0.1, 0.15) is 30.3 Å². The van der Waals surface area contributed by atoms with Crippen molar-refractivity contribution in [3.8, 4) is 11.5 Å². The predicted octanol–water partition coefficient (Wildman–Crippen LogP) is 1.72. The van der Waals surface area contributed by atoms with Crippen molar-refractivity contribution in [3.63, 3.8) is 0 Å². The molecule has 0 aliphatic carbocycles. The largest absolute Gasteiger partial charge is 0.508 e. The number of nitrogens with one attached hydrogen (secondary N) is 1. The lowest BCUT2D eigenvalue weighted by molar-refractivity contribution is -0.257. The smallest absolute Gasteiger partial charge is 0.303 e. The Hall–Kier alpha value is -3.34. The zero-order chi connectivity index (χ0) is 26.5. The second kappa shape index (κ2) is 11.4. The van der Waals surface area contributed by atoms with Crippen molar-refractivity contribution in [1.29, 1.82) is 0 Å². The zero-order valence-corrected chi connectivity index (χ0v) is 20.9. The van der Waals surface area contributed by atoms with Crippen LogP contribution in [0, 0.1) is 0 Å². The van der Waals surface area contributed by atoms with Crippen LogP contribution >= 0.6 is 0 Å². The molecule has 11 nitrogen and oxygen atoms in total. The van der Waals surface area contributed by atoms with Crippen molar-refractivity contribution >= 4 is 23.8 Å². The number of rotatable bonds is 7. The number of esters is 3. The zero-order valence-electron chi connectivity index (χ0n) is 20.9. The molecule has 1 fully saturated rings. The van der Waals surface area contributed by atoms with Gasteiger partial charge in [-0.1, -0.05) is 20.8 Å². The highest BCUT2D eigenvalue weighted by Gasteiger charge is 2.52. The Bertz CT molecular complexity index is 954. The van der Waals surface area contributed by atoms with Gasteiger partial charge in [0.25, 0.3) is 0 Å². The number of phenols is 1. The van der Waals surface area contributed by atoms with Crippen LogP contribution in [-0.4, -0.2) is 66.2 Å². The van der Waals surface area contributed by atoms with E-state index in [1.165, 1.54) is 26.0 Å². The summed E-state index contributed by atoms with van der Waals surface area (Å²) in [6.07, 6.45) is -4.76. The van der Waals surface area contributed by atoms with E-state index >= 15 is 0 Å². The summed E-state index contributed by atoms with van der Waals surface area (Å²) in [5, 5.41) is 12.9. The van der Waals surface area contributed by atoms with Gasteiger partial charge in [0.2, 0.25) is 12.2 Å². The van der Waals surface area contributed by atoms with E-state index in [2.05, 4.69) is 5.32 Å². The molecule has 0 bridgehead atoms. The fraction of sp³-hybridized carbons (Fsp3) is 0.583. The van der Waals surface area contributed by atoms with Crippen molar-refractivity contribution in [1.82, 2.24) is 5.32 Å². The number of amides is 1. The maximum absolute atomic E-state index is 12.0. The predicted molar refractivity (Wildman–Crippen MR) is 121 cm³/mol. The van der Waals surface area contributed by atoms with Crippen molar-refractivity contribution < 1.29 is 48.0 Å². The average molecular weight is 496 g/mol. The number of hydrogen-bond acceptors (Lipinski definition) is 10. The Morgan fingerprint density at radius 3 is 2.09 bits per heavy atom. The van der Waals surface area contributed by atoms with Crippen molar-refractivity contribution in [3.05, 3.63) is 23.8 Å². The van der Waals surface area contributed by atoms with Crippen molar-refractivity contribution in [2.75, 3.05) is 6.61 Å². The van der Waals surface area contributed by atoms with Gasteiger partial charge in [-0.2, -0.15) is 0 Å². The van der Waals surface area contributed by atoms with E-state index in [0.29, 0.717) is 11.3 Å². The van der Waals surface area contributed by atoms with Gasteiger partial charge in [0.15, 0.2) is 12.2 Å². The van der Waals surface area contributed by atoms with E-state index in [0.717, 1.165) is 13.8 Å². The first-order valence-corrected chi connectivity index (χ1v) is 11.1. The van der Waals surface area contributed by atoms with Gasteiger partial charge in [0, 0.05) is 33.3 Å². The molecule has 2 N–H and O–H groups in total. The molecule has 11 heteroatoms. The SMILES string of the molecule is CC(=O)N[C@H]1[C@@H](Oc2ccc(O)c(C(C)(C)C)c2)O[C@H](COC(C)=O)[C@@H](OC(C)=O)[C@@H]1OC(C)=O. The standard InChI is InChI=1S/C24H33NO10/c1-12(26)25-20-22(33-15(4)29)21(32-14(3)28)19(11-31-13(2)27)35-23(20)34-16-8-9-18(30)17(10-16)24(5,6)7/h8-10,19-23,30H,11H2,1-7H3,(H,25,26)/t19-,20-,21-,22-,23+/m1/s1. The minimum Gasteiger partial charge on any atom is -0.508 e. The molecular formula is C24H33NO10. The molecule has 0 radical (unpaired) electrons. The van der Waals surface area contributed by atoms with Crippen molar-refractivity contribution in [2.45, 2.75) is 84.5 Å². The van der Waals surface area contributed by atoms with Crippen LogP contribution < -0.4 is 10.1 Å². The minimum absolute atomic E-state index is 0.0771. The van der Waals surface area contributed by atoms with Crippen LogP contribution in [0.4, 0.5) is 0 Å². The lowest BCUT2D eigenvalue weighted by atomic mass is 9.86. The molecule has 1 aliphatic heterocycles. The Balaban J connectivity index is 2.51. The summed E-state index contributed by atoms with van der Waals surface area (Å²) < 4.78 is 27.9. The molecule has 1 aliphatic rings. The fourth-order valence-corrected chi connectivity index (χ4v) is 3.71. The number of hydrogen-bond donors (Lipinski definition) is 2. The molecule has 0 saturated carbocycles. The number of carbonyl (C=O) groups excluding carboxylic acids is 4. The summed E-state index contributed by atoms with van der Waals surface area (Å²) in [6.45, 7) is 10.2. The normalized spacial score (nSPS) is 24.1. The van der Waals surface area contributed by atoms with Crippen molar-refractivity contribution in [2.24, 2.45) is 0 Å². The monoisotopic (exact) mass is 495 g/mol. The molecular weight excluding hydrogens is 462 g/mol. The third-order valence-electron chi connectivity index (χ3n) is 5.10. The first kappa shape index (κ1) is 27.9. The van der Waals surface area contributed by atoms with Crippen LogP contribution in [0.15, 0.2) is 18.2 Å². The molecule has 1 saturated heterocycles. The van der Waals surface area contributed by atoms with Crippen LogP contribution in [0.1, 0.15) is 54.0 Å². The maximum Gasteiger partial charge on any atom is 0.303 e. The number of aromatic hydroxyl groups is 1. The summed E-state index contributed by atoms with van der Waals surface area (Å²) in [5.41, 5.74) is 0.194. The Morgan fingerprint density at radius 2 is 1.57 bits per heavy atom. The molecule has 2 rings (SSSR count). The second-order valence-corrected chi connectivity index (χ2v) is 9.27. The van der Waals surface area contributed by atoms with Gasteiger partial charge in [0.05, 0.1) is 0 Å². The van der Waals surface area contributed by atoms with E-state index < -0.39 is 59.9 Å². The van der Waals surface area contributed by atoms with E-state index in [1.807, 2.05) is 20.8 Å². The summed E-state index contributed by atoms with van der Waals surface area (Å²) in [6, 6.07) is 3.51. The summed E-state index contributed by atoms with van der Waals surface area (Å²) in [4.78, 5) is 47.2. The Morgan fingerprint density at radius 1 is 0.971 bits per heavy atom. The topological polar surface area (TPSA) is 147 Å². The molecule has 1 amide bonds. The first-order chi connectivity index (χ1) is 16.2. The molecule has 1 heterocycles. The minimum atomic E-state index is -1.24. The first-order valence-electron chi connectivity index (χ1n) is 11.1. The van der Waals surface area contributed by atoms with Gasteiger partial charge in [-0.15, -0.1) is 0 Å². The quantitative estimate of drug-likeness (QED) is 0.423. The Labute approximate surface area is 204 Å². The highest BCUT2D eigenvalue weighted by atomic mass is 16.7. The van der Waals surface area contributed by atoms with Crippen LogP contribution in [0.2, 0.25) is 0 Å². The van der Waals surface area contributed by atoms with Gasteiger partial charge in [-0.25, -0.2) is 0 Å². The average Bonchev–Trinajstić information content (AvgIpc) is 2.70. The fourth-order valence-electron chi connectivity index (χ4n) is 3.71. The van der Waals surface area contributed by atoms with Crippen LogP contribution in [-0.2, 0) is 43.5 Å². The summed E-state index contributed by atoms with van der Waals surface area (Å²) in [7, 11) is 0. The summed E-state index contributed by atoms with van der Waals surface area (Å²) in [5.74, 6) is -2.11. The number of ether oxygens (including phenoxy) is 5. The Kier molecular flexibility index (Phi) is 9.08. The third kappa shape index (κ3) is 7.84. The van der Waals surface area contributed by atoms with Gasteiger partial charge in [-0.3, -0.25) is 19.2 Å². The van der Waals surface area contributed by atoms with E-state index in [1.54, 1.807) is 6.07 Å². The van der Waals surface area contributed by atoms with Gasteiger partial charge < -0.3 is 34.1 Å². The second-order valence-electron chi connectivity index (χ2n) is 9.27. The third-order valence-corrected chi connectivity index (χ3v) is 5.10. The molecule has 35 heavy (non-hydrogen) atoms. The van der Waals surface area contributed by atoms with Crippen LogP contribution in [0.3, 0.4) is 0 Å². The lowest BCUT2D eigenvalue weighted by Gasteiger charge is -2.44. The maximum atomic E-state index is 12.0. The molecule has 1 aromatic rings. The van der Waals surface area contributed by atoms with Crippen LogP contribution in [0.5, 0.6) is 11.5 Å². The molecule has 194 valence electrons. The number of carbonyl (C=O) groups is 4. The highest BCUT2D eigenvalue weighted by molar-refractivity contribution is 5.73. The van der Waals surface area contributed by atoms with E-state index in [-0.39, 0.29) is 12.4 Å². The molecule has 0 aromatic heterocycles.